The van der Waals surface area contributed by atoms with Crippen molar-refractivity contribution in [2.45, 2.75) is 12.5 Å². The van der Waals surface area contributed by atoms with Crippen LogP contribution in [0.3, 0.4) is 0 Å². The normalized spacial score (nSPS) is 20.3. The van der Waals surface area contributed by atoms with E-state index in [1.54, 1.807) is 0 Å². The maximum Gasteiger partial charge on any atom is 0.223 e. The number of carbonyl (C=O) groups is 1. The summed E-state index contributed by atoms with van der Waals surface area (Å²) < 4.78 is 18.2. The first kappa shape index (κ1) is 19.0. The van der Waals surface area contributed by atoms with Gasteiger partial charge in [0.25, 0.3) is 0 Å². The van der Waals surface area contributed by atoms with Crippen LogP contribution in [0.15, 0.2) is 18.2 Å². The van der Waals surface area contributed by atoms with Gasteiger partial charge in [-0.3, -0.25) is 4.79 Å². The van der Waals surface area contributed by atoms with Crippen LogP contribution in [0, 0.1) is 11.7 Å². The van der Waals surface area contributed by atoms with Crippen LogP contribution >= 0.6 is 24.0 Å². The topological polar surface area (TPSA) is 70.6 Å². The van der Waals surface area contributed by atoms with Crippen LogP contribution in [0.25, 0.3) is 0 Å². The highest BCUT2D eigenvalue weighted by molar-refractivity contribution is 6.32. The minimum atomic E-state index is -0.436. The van der Waals surface area contributed by atoms with Gasteiger partial charge in [0, 0.05) is 25.6 Å². The summed E-state index contributed by atoms with van der Waals surface area (Å²) >= 11 is 5.81. The van der Waals surface area contributed by atoms with E-state index < -0.39 is 11.9 Å². The molecule has 2 rings (SSSR count). The number of amides is 1. The fourth-order valence-electron chi connectivity index (χ4n) is 2.11. The van der Waals surface area contributed by atoms with Crippen LogP contribution in [0.2, 0.25) is 5.02 Å². The van der Waals surface area contributed by atoms with Gasteiger partial charge in [-0.2, -0.15) is 0 Å². The molecule has 2 atom stereocenters. The minimum absolute atomic E-state index is 0. The SMILES string of the molecule is Cl.O=C(CCOc1ccc(F)cc1Cl)NCC1CNCC1O. The molecule has 0 bridgehead atoms. The molecule has 5 nitrogen and oxygen atoms in total. The molecular weight excluding hydrogens is 334 g/mol. The molecule has 1 aliphatic rings. The summed E-state index contributed by atoms with van der Waals surface area (Å²) in [4.78, 5) is 11.6. The Bertz CT molecular complexity index is 505. The molecular formula is C14H19Cl2FN2O3. The van der Waals surface area contributed by atoms with Crippen LogP contribution in [0.4, 0.5) is 4.39 Å². The zero-order valence-electron chi connectivity index (χ0n) is 11.9. The standard InChI is InChI=1S/C14H18ClFN2O3.ClH/c15-11-5-10(16)1-2-13(11)21-4-3-14(20)18-7-9-6-17-8-12(9)19;/h1-2,5,9,12,17,19H,3-4,6-8H2,(H,18,20);1H. The van der Waals surface area contributed by atoms with Gasteiger partial charge in [-0.1, -0.05) is 11.6 Å². The molecule has 0 aromatic heterocycles. The lowest BCUT2D eigenvalue weighted by Crippen LogP contribution is -2.34. The average Bonchev–Trinajstić information content (AvgIpc) is 2.84. The molecule has 0 radical (unpaired) electrons. The molecule has 1 fully saturated rings. The molecule has 124 valence electrons. The van der Waals surface area contributed by atoms with Crippen LogP contribution in [-0.2, 0) is 4.79 Å². The van der Waals surface area contributed by atoms with Crippen molar-refractivity contribution in [3.63, 3.8) is 0 Å². The summed E-state index contributed by atoms with van der Waals surface area (Å²) in [5.41, 5.74) is 0. The van der Waals surface area contributed by atoms with Gasteiger partial charge in [0.2, 0.25) is 5.91 Å². The highest BCUT2D eigenvalue weighted by Crippen LogP contribution is 2.24. The third-order valence-corrected chi connectivity index (χ3v) is 3.64. The number of hydrogen-bond acceptors (Lipinski definition) is 4. The average molecular weight is 353 g/mol. The molecule has 1 amide bonds. The Morgan fingerprint density at radius 3 is 2.91 bits per heavy atom. The second-order valence-corrected chi connectivity index (χ2v) is 5.37. The molecule has 1 saturated heterocycles. The molecule has 0 aliphatic carbocycles. The van der Waals surface area contributed by atoms with Crippen molar-refractivity contribution in [1.82, 2.24) is 10.6 Å². The molecule has 1 aromatic carbocycles. The lowest BCUT2D eigenvalue weighted by molar-refractivity contribution is -0.121. The van der Waals surface area contributed by atoms with Crippen molar-refractivity contribution >= 4 is 29.9 Å². The van der Waals surface area contributed by atoms with Gasteiger partial charge >= 0.3 is 0 Å². The van der Waals surface area contributed by atoms with E-state index in [0.717, 1.165) is 6.07 Å². The van der Waals surface area contributed by atoms with E-state index in [0.29, 0.717) is 25.4 Å². The van der Waals surface area contributed by atoms with Crippen molar-refractivity contribution in [3.05, 3.63) is 29.0 Å². The summed E-state index contributed by atoms with van der Waals surface area (Å²) in [5.74, 6) is -0.205. The van der Waals surface area contributed by atoms with E-state index in [2.05, 4.69) is 10.6 Å². The molecule has 1 aromatic rings. The zero-order chi connectivity index (χ0) is 15.2. The van der Waals surface area contributed by atoms with Gasteiger partial charge < -0.3 is 20.5 Å². The molecule has 8 heteroatoms. The summed E-state index contributed by atoms with van der Waals surface area (Å²) in [6, 6.07) is 3.83. The highest BCUT2D eigenvalue weighted by atomic mass is 35.5. The predicted molar refractivity (Wildman–Crippen MR) is 84.1 cm³/mol. The number of aliphatic hydroxyl groups excluding tert-OH is 1. The van der Waals surface area contributed by atoms with Crippen LogP contribution in [-0.4, -0.2) is 43.4 Å². The van der Waals surface area contributed by atoms with E-state index in [1.807, 2.05) is 0 Å². The van der Waals surface area contributed by atoms with E-state index in [1.165, 1.54) is 12.1 Å². The van der Waals surface area contributed by atoms with E-state index in [4.69, 9.17) is 16.3 Å². The van der Waals surface area contributed by atoms with Gasteiger partial charge in [0.05, 0.1) is 24.2 Å². The summed E-state index contributed by atoms with van der Waals surface area (Å²) in [5, 5.41) is 15.6. The third kappa shape index (κ3) is 5.61. The second kappa shape index (κ2) is 9.15. The Balaban J connectivity index is 0.00000242. The van der Waals surface area contributed by atoms with E-state index in [9.17, 15) is 14.3 Å². The van der Waals surface area contributed by atoms with Crippen molar-refractivity contribution < 1.29 is 19.0 Å². The van der Waals surface area contributed by atoms with Crippen molar-refractivity contribution in [1.29, 1.82) is 0 Å². The largest absolute Gasteiger partial charge is 0.491 e. The zero-order valence-corrected chi connectivity index (χ0v) is 13.4. The van der Waals surface area contributed by atoms with Gasteiger partial charge in [0.1, 0.15) is 11.6 Å². The molecule has 0 saturated carbocycles. The van der Waals surface area contributed by atoms with Gasteiger partial charge in [-0.15, -0.1) is 12.4 Å². The first-order valence-electron chi connectivity index (χ1n) is 6.79. The van der Waals surface area contributed by atoms with Crippen LogP contribution in [0.1, 0.15) is 6.42 Å². The first-order chi connectivity index (χ1) is 10.1. The van der Waals surface area contributed by atoms with Crippen LogP contribution in [0.5, 0.6) is 5.75 Å². The lowest BCUT2D eigenvalue weighted by atomic mass is 10.1. The van der Waals surface area contributed by atoms with E-state index in [-0.39, 0.29) is 42.3 Å². The molecule has 2 unspecified atom stereocenters. The van der Waals surface area contributed by atoms with Crippen molar-refractivity contribution in [2.75, 3.05) is 26.2 Å². The quantitative estimate of drug-likeness (QED) is 0.723. The number of benzene rings is 1. The number of carbonyl (C=O) groups excluding carboxylic acids is 1. The molecule has 1 aliphatic heterocycles. The Labute approximate surface area is 139 Å². The molecule has 22 heavy (non-hydrogen) atoms. The highest BCUT2D eigenvalue weighted by Gasteiger charge is 2.24. The maximum atomic E-state index is 12.8. The number of β-amino-alcohol motifs (C(OH)–C–C–N with tert-alkyl or cyclic N) is 1. The fourth-order valence-corrected chi connectivity index (χ4v) is 2.33. The lowest BCUT2D eigenvalue weighted by Gasteiger charge is -2.14. The number of aliphatic hydroxyl groups is 1. The predicted octanol–water partition coefficient (Wildman–Crippen LogP) is 1.37. The summed E-state index contributed by atoms with van der Waals surface area (Å²) in [6.45, 7) is 1.85. The monoisotopic (exact) mass is 352 g/mol. The Hall–Kier alpha value is -1.08. The van der Waals surface area contributed by atoms with Crippen molar-refractivity contribution in [2.24, 2.45) is 5.92 Å². The minimum Gasteiger partial charge on any atom is -0.491 e. The summed E-state index contributed by atoms with van der Waals surface area (Å²) in [7, 11) is 0. The number of hydrogen-bond donors (Lipinski definition) is 3. The third-order valence-electron chi connectivity index (χ3n) is 3.35. The second-order valence-electron chi connectivity index (χ2n) is 4.96. The number of nitrogens with one attached hydrogen (secondary N) is 2. The maximum absolute atomic E-state index is 12.8. The number of ether oxygens (including phenoxy) is 1. The van der Waals surface area contributed by atoms with Crippen LogP contribution < -0.4 is 15.4 Å². The molecule has 1 heterocycles. The Morgan fingerprint density at radius 1 is 1.50 bits per heavy atom. The van der Waals surface area contributed by atoms with E-state index >= 15 is 0 Å². The molecule has 0 spiro atoms. The smallest absolute Gasteiger partial charge is 0.223 e. The summed E-state index contributed by atoms with van der Waals surface area (Å²) in [6.07, 6.45) is -0.246. The van der Waals surface area contributed by atoms with Gasteiger partial charge in [-0.25, -0.2) is 4.39 Å². The molecule has 3 N–H and O–H groups in total. The Kier molecular flexibility index (Phi) is 7.89. The van der Waals surface area contributed by atoms with Gasteiger partial charge in [0.15, 0.2) is 0 Å². The van der Waals surface area contributed by atoms with Crippen molar-refractivity contribution in [3.8, 4) is 5.75 Å². The first-order valence-corrected chi connectivity index (χ1v) is 7.17. The fraction of sp³-hybridized carbons (Fsp3) is 0.500. The number of rotatable bonds is 6. The Morgan fingerprint density at radius 2 is 2.27 bits per heavy atom. The van der Waals surface area contributed by atoms with Gasteiger partial charge in [-0.05, 0) is 18.2 Å². The number of halogens is 3.